The number of nitrogens with zero attached hydrogens (tertiary/aromatic N) is 1. The summed E-state index contributed by atoms with van der Waals surface area (Å²) in [5.74, 6) is -0.591. The Morgan fingerprint density at radius 2 is 1.96 bits per heavy atom. The van der Waals surface area contributed by atoms with Crippen LogP contribution in [0.2, 0.25) is 5.02 Å². The molecular weight excluding hydrogens is 347 g/mol. The number of anilines is 1. The molecule has 2 aromatic carbocycles. The van der Waals surface area contributed by atoms with E-state index in [1.165, 1.54) is 24.0 Å². The van der Waals surface area contributed by atoms with E-state index in [1.54, 1.807) is 13.2 Å². The van der Waals surface area contributed by atoms with Crippen LogP contribution in [0.1, 0.15) is 12.5 Å². The Hall–Kier alpha value is -2.60. The van der Waals surface area contributed by atoms with Crippen molar-refractivity contribution in [3.8, 4) is 5.75 Å². The maximum absolute atomic E-state index is 13.2. The average Bonchev–Trinajstić information content (AvgIpc) is 2.58. The van der Waals surface area contributed by atoms with Crippen molar-refractivity contribution < 1.29 is 18.7 Å². The molecular formula is C18H18ClFN2O3. The van der Waals surface area contributed by atoms with Gasteiger partial charge in [-0.15, -0.1) is 0 Å². The first kappa shape index (κ1) is 18.7. The van der Waals surface area contributed by atoms with Crippen LogP contribution in [-0.2, 0) is 16.1 Å². The van der Waals surface area contributed by atoms with Crippen molar-refractivity contribution in [2.24, 2.45) is 0 Å². The normalized spacial score (nSPS) is 10.2. The summed E-state index contributed by atoms with van der Waals surface area (Å²) < 4.78 is 18.4. The number of benzene rings is 2. The molecule has 0 heterocycles. The van der Waals surface area contributed by atoms with Crippen molar-refractivity contribution in [2.75, 3.05) is 19.0 Å². The van der Waals surface area contributed by atoms with Gasteiger partial charge < -0.3 is 15.0 Å². The summed E-state index contributed by atoms with van der Waals surface area (Å²) in [5, 5.41) is 2.51. The number of hydrogen-bond acceptors (Lipinski definition) is 3. The Labute approximate surface area is 150 Å². The van der Waals surface area contributed by atoms with Crippen molar-refractivity contribution in [3.63, 3.8) is 0 Å². The highest BCUT2D eigenvalue weighted by molar-refractivity contribution is 6.31. The fourth-order valence-electron chi connectivity index (χ4n) is 2.27. The first-order chi connectivity index (χ1) is 11.9. The molecule has 132 valence electrons. The molecule has 0 radical (unpaired) electrons. The third-order valence-corrected chi connectivity index (χ3v) is 3.83. The van der Waals surface area contributed by atoms with E-state index in [-0.39, 0.29) is 24.0 Å². The van der Waals surface area contributed by atoms with Crippen molar-refractivity contribution in [3.05, 3.63) is 58.9 Å². The van der Waals surface area contributed by atoms with Crippen LogP contribution >= 0.6 is 11.6 Å². The number of nitrogens with one attached hydrogen (secondary N) is 1. The lowest BCUT2D eigenvalue weighted by Crippen LogP contribution is -2.36. The Morgan fingerprint density at radius 3 is 2.60 bits per heavy atom. The van der Waals surface area contributed by atoms with E-state index >= 15 is 0 Å². The van der Waals surface area contributed by atoms with E-state index in [0.717, 1.165) is 11.6 Å². The van der Waals surface area contributed by atoms with Crippen LogP contribution in [0.3, 0.4) is 0 Å². The standard InChI is InChI=1S/C18H18ClFN2O3/c1-12(23)22(10-13-5-3-4-6-17(13)25-2)11-18(24)21-14-7-8-16(20)15(19)9-14/h3-9H,10-11H2,1-2H3,(H,21,24). The summed E-state index contributed by atoms with van der Waals surface area (Å²) >= 11 is 5.69. The quantitative estimate of drug-likeness (QED) is 0.853. The van der Waals surface area contributed by atoms with E-state index < -0.39 is 11.7 Å². The minimum Gasteiger partial charge on any atom is -0.496 e. The van der Waals surface area contributed by atoms with Crippen LogP contribution < -0.4 is 10.1 Å². The number of carbonyl (C=O) groups excluding carboxylic acids is 2. The van der Waals surface area contributed by atoms with Gasteiger partial charge in [-0.3, -0.25) is 9.59 Å². The molecule has 0 bridgehead atoms. The summed E-state index contributed by atoms with van der Waals surface area (Å²) in [4.78, 5) is 25.5. The van der Waals surface area contributed by atoms with Gasteiger partial charge in [-0.2, -0.15) is 0 Å². The lowest BCUT2D eigenvalue weighted by atomic mass is 10.2. The molecule has 2 amide bonds. The van der Waals surface area contributed by atoms with Crippen molar-refractivity contribution in [1.82, 2.24) is 4.90 Å². The van der Waals surface area contributed by atoms with E-state index in [4.69, 9.17) is 16.3 Å². The molecule has 0 atom stereocenters. The fourth-order valence-corrected chi connectivity index (χ4v) is 2.45. The molecule has 2 rings (SSSR count). The second-order valence-corrected chi connectivity index (χ2v) is 5.77. The zero-order chi connectivity index (χ0) is 18.4. The van der Waals surface area contributed by atoms with E-state index in [1.807, 2.05) is 18.2 Å². The molecule has 2 aromatic rings. The second kappa shape index (κ2) is 8.48. The third-order valence-electron chi connectivity index (χ3n) is 3.54. The lowest BCUT2D eigenvalue weighted by Gasteiger charge is -2.21. The number of methoxy groups -OCH3 is 1. The third kappa shape index (κ3) is 5.19. The van der Waals surface area contributed by atoms with Gasteiger partial charge >= 0.3 is 0 Å². The Balaban J connectivity index is 2.06. The van der Waals surface area contributed by atoms with E-state index in [9.17, 15) is 14.0 Å². The van der Waals surface area contributed by atoms with Gasteiger partial charge in [-0.1, -0.05) is 29.8 Å². The molecule has 0 aromatic heterocycles. The molecule has 0 aliphatic carbocycles. The average molecular weight is 365 g/mol. The molecule has 25 heavy (non-hydrogen) atoms. The zero-order valence-corrected chi connectivity index (χ0v) is 14.6. The topological polar surface area (TPSA) is 58.6 Å². The molecule has 0 spiro atoms. The number of rotatable bonds is 6. The molecule has 0 unspecified atom stereocenters. The number of carbonyl (C=O) groups is 2. The summed E-state index contributed by atoms with van der Waals surface area (Å²) in [7, 11) is 1.54. The maximum Gasteiger partial charge on any atom is 0.244 e. The van der Waals surface area contributed by atoms with Crippen molar-refractivity contribution in [2.45, 2.75) is 13.5 Å². The highest BCUT2D eigenvalue weighted by Crippen LogP contribution is 2.21. The molecule has 1 N–H and O–H groups in total. The number of amides is 2. The SMILES string of the molecule is COc1ccccc1CN(CC(=O)Nc1ccc(F)c(Cl)c1)C(C)=O. The second-order valence-electron chi connectivity index (χ2n) is 5.36. The Kier molecular flexibility index (Phi) is 6.36. The van der Waals surface area contributed by atoms with Crippen LogP contribution in [0.15, 0.2) is 42.5 Å². The predicted molar refractivity (Wildman–Crippen MR) is 94.1 cm³/mol. The summed E-state index contributed by atoms with van der Waals surface area (Å²) in [5.41, 5.74) is 1.15. The van der Waals surface area contributed by atoms with Gasteiger partial charge in [-0.05, 0) is 24.3 Å². The van der Waals surface area contributed by atoms with E-state index in [2.05, 4.69) is 5.32 Å². The zero-order valence-electron chi connectivity index (χ0n) is 13.9. The van der Waals surface area contributed by atoms with Crippen molar-refractivity contribution in [1.29, 1.82) is 0 Å². The summed E-state index contributed by atoms with van der Waals surface area (Å²) in [6.07, 6.45) is 0. The van der Waals surface area contributed by atoms with Gasteiger partial charge in [0.15, 0.2) is 0 Å². The molecule has 0 saturated carbocycles. The highest BCUT2D eigenvalue weighted by Gasteiger charge is 2.16. The number of hydrogen-bond donors (Lipinski definition) is 1. The monoisotopic (exact) mass is 364 g/mol. The molecule has 0 aliphatic heterocycles. The Morgan fingerprint density at radius 1 is 1.24 bits per heavy atom. The highest BCUT2D eigenvalue weighted by atomic mass is 35.5. The number of para-hydroxylation sites is 1. The van der Waals surface area contributed by atoms with Gasteiger partial charge in [0.2, 0.25) is 11.8 Å². The van der Waals surface area contributed by atoms with Gasteiger partial charge in [0, 0.05) is 24.7 Å². The molecule has 0 aliphatic rings. The Bertz CT molecular complexity index is 783. The van der Waals surface area contributed by atoms with Gasteiger partial charge in [-0.25, -0.2) is 4.39 Å². The lowest BCUT2D eigenvalue weighted by molar-refractivity contribution is -0.133. The first-order valence-electron chi connectivity index (χ1n) is 7.53. The van der Waals surface area contributed by atoms with Gasteiger partial charge in [0.25, 0.3) is 0 Å². The summed E-state index contributed by atoms with van der Waals surface area (Å²) in [6.45, 7) is 1.47. The van der Waals surface area contributed by atoms with Crippen LogP contribution in [0.5, 0.6) is 5.75 Å². The molecule has 0 fully saturated rings. The number of halogens is 2. The van der Waals surface area contributed by atoms with Crippen LogP contribution in [-0.4, -0.2) is 30.4 Å². The van der Waals surface area contributed by atoms with Crippen LogP contribution in [0.25, 0.3) is 0 Å². The predicted octanol–water partition coefficient (Wildman–Crippen LogP) is 3.47. The minimum atomic E-state index is -0.568. The summed E-state index contributed by atoms with van der Waals surface area (Å²) in [6, 6.07) is 11.1. The largest absolute Gasteiger partial charge is 0.496 e. The van der Waals surface area contributed by atoms with Crippen LogP contribution in [0, 0.1) is 5.82 Å². The minimum absolute atomic E-state index is 0.0877. The smallest absolute Gasteiger partial charge is 0.244 e. The van der Waals surface area contributed by atoms with Gasteiger partial charge in [0.05, 0.1) is 12.1 Å². The first-order valence-corrected chi connectivity index (χ1v) is 7.91. The number of ether oxygens (including phenoxy) is 1. The van der Waals surface area contributed by atoms with Gasteiger partial charge in [0.1, 0.15) is 18.1 Å². The van der Waals surface area contributed by atoms with Crippen LogP contribution in [0.4, 0.5) is 10.1 Å². The maximum atomic E-state index is 13.2. The molecule has 0 saturated heterocycles. The van der Waals surface area contributed by atoms with E-state index in [0.29, 0.717) is 11.4 Å². The fraction of sp³-hybridized carbons (Fsp3) is 0.222. The van der Waals surface area contributed by atoms with Crippen molar-refractivity contribution >= 4 is 29.1 Å². The molecule has 7 heteroatoms. The molecule has 5 nitrogen and oxygen atoms in total.